The number of sulfonamides is 1. The van der Waals surface area contributed by atoms with E-state index in [9.17, 15) is 18.0 Å². The quantitative estimate of drug-likeness (QED) is 0.458. The first-order valence-corrected chi connectivity index (χ1v) is 12.4. The molecule has 0 atom stereocenters. The number of aromatic nitrogens is 1. The van der Waals surface area contributed by atoms with Gasteiger partial charge in [-0.2, -0.15) is 0 Å². The van der Waals surface area contributed by atoms with Crippen LogP contribution in [-0.4, -0.2) is 31.7 Å². The summed E-state index contributed by atoms with van der Waals surface area (Å²) < 4.78 is 32.9. The molecule has 8 nitrogen and oxygen atoms in total. The van der Waals surface area contributed by atoms with Crippen molar-refractivity contribution in [3.63, 3.8) is 0 Å². The Balaban J connectivity index is 1.25. The largest absolute Gasteiger partial charge is 0.493 e. The number of rotatable bonds is 9. The average Bonchev–Trinajstić information content (AvgIpc) is 3.41. The van der Waals surface area contributed by atoms with E-state index >= 15 is 0 Å². The fraction of sp³-hybridized carbons (Fsp3) is 0.227. The molecular formula is C22H21N3O5S2. The summed E-state index contributed by atoms with van der Waals surface area (Å²) >= 11 is 1.19. The first-order chi connectivity index (χ1) is 15.4. The topological polar surface area (TPSA) is 114 Å². The number of Topliss-reactive ketones (excluding diaryl/α,β-unsaturated/α-hetero) is 1. The highest BCUT2D eigenvalue weighted by Crippen LogP contribution is 2.30. The Morgan fingerprint density at radius 1 is 1.12 bits per heavy atom. The molecule has 166 valence electrons. The van der Waals surface area contributed by atoms with Crippen molar-refractivity contribution in [3.05, 3.63) is 65.2 Å². The zero-order chi connectivity index (χ0) is 22.6. The van der Waals surface area contributed by atoms with Gasteiger partial charge >= 0.3 is 0 Å². The number of fused-ring (bicyclic) bond motifs is 1. The van der Waals surface area contributed by atoms with Gasteiger partial charge in [-0.15, -0.1) is 11.3 Å². The van der Waals surface area contributed by atoms with Crippen LogP contribution in [0.5, 0.6) is 5.75 Å². The van der Waals surface area contributed by atoms with Gasteiger partial charge < -0.3 is 10.1 Å². The van der Waals surface area contributed by atoms with Crippen LogP contribution >= 0.6 is 11.3 Å². The maximum absolute atomic E-state index is 12.3. The third-order valence-electron chi connectivity index (χ3n) is 4.94. The first-order valence-electron chi connectivity index (χ1n) is 10.0. The van der Waals surface area contributed by atoms with Crippen molar-refractivity contribution in [1.82, 2.24) is 4.98 Å². The zero-order valence-corrected chi connectivity index (χ0v) is 18.7. The molecule has 10 heteroatoms. The lowest BCUT2D eigenvalue weighted by Gasteiger charge is -2.10. The van der Waals surface area contributed by atoms with Crippen molar-refractivity contribution >= 4 is 43.9 Å². The molecule has 0 bridgehead atoms. The Kier molecular flexibility index (Phi) is 6.52. The predicted molar refractivity (Wildman–Crippen MR) is 122 cm³/mol. The second-order valence-corrected chi connectivity index (χ2v) is 9.75. The second-order valence-electron chi connectivity index (χ2n) is 7.17. The minimum Gasteiger partial charge on any atom is -0.493 e. The maximum atomic E-state index is 12.3. The van der Waals surface area contributed by atoms with Crippen LogP contribution in [0.1, 0.15) is 35.2 Å². The van der Waals surface area contributed by atoms with Gasteiger partial charge in [-0.3, -0.25) is 14.3 Å². The van der Waals surface area contributed by atoms with Crippen LogP contribution in [0.3, 0.4) is 0 Å². The van der Waals surface area contributed by atoms with Crippen LogP contribution in [0, 0.1) is 0 Å². The molecule has 4 rings (SSSR count). The molecule has 0 radical (unpaired) electrons. The molecule has 1 heterocycles. The summed E-state index contributed by atoms with van der Waals surface area (Å²) in [6, 6.07) is 11.4. The molecule has 0 spiro atoms. The van der Waals surface area contributed by atoms with Gasteiger partial charge in [0.25, 0.3) is 10.0 Å². The molecule has 1 amide bonds. The normalized spacial score (nSPS) is 12.9. The van der Waals surface area contributed by atoms with E-state index in [4.69, 9.17) is 4.74 Å². The van der Waals surface area contributed by atoms with Crippen molar-refractivity contribution < 1.29 is 22.7 Å². The summed E-state index contributed by atoms with van der Waals surface area (Å²) in [6.45, 7) is 0.359. The highest BCUT2D eigenvalue weighted by atomic mass is 32.2. The number of nitrogens with one attached hydrogen (secondary N) is 2. The van der Waals surface area contributed by atoms with E-state index < -0.39 is 10.0 Å². The standard InChI is InChI=1S/C22H21N3O5S2/c26-19-11-10-18-17(19)3-1-4-20(18)30-13-2-5-21(27)24-15-6-8-16(9-7-15)32(28,29)25-22-23-12-14-31-22/h1,3-4,6-9,12,14H,2,5,10-11,13H2,(H,23,25)(H,24,27). The van der Waals surface area contributed by atoms with Crippen LogP contribution in [-0.2, 0) is 21.2 Å². The van der Waals surface area contributed by atoms with Gasteiger partial charge in [-0.05, 0) is 43.2 Å². The third-order valence-corrected chi connectivity index (χ3v) is 7.12. The van der Waals surface area contributed by atoms with Crippen LogP contribution in [0.15, 0.2) is 58.9 Å². The Labute approximate surface area is 189 Å². The summed E-state index contributed by atoms with van der Waals surface area (Å²) in [7, 11) is -3.73. The summed E-state index contributed by atoms with van der Waals surface area (Å²) in [5.41, 5.74) is 2.18. The highest BCUT2D eigenvalue weighted by molar-refractivity contribution is 7.93. The molecule has 2 N–H and O–H groups in total. The molecule has 0 fully saturated rings. The van der Waals surface area contributed by atoms with E-state index in [0.29, 0.717) is 37.3 Å². The summed E-state index contributed by atoms with van der Waals surface area (Å²) in [5.74, 6) is 0.651. The number of amides is 1. The molecule has 0 saturated carbocycles. The van der Waals surface area contributed by atoms with Crippen molar-refractivity contribution in [1.29, 1.82) is 0 Å². The van der Waals surface area contributed by atoms with Crippen molar-refractivity contribution in [2.45, 2.75) is 30.6 Å². The fourth-order valence-corrected chi connectivity index (χ4v) is 5.19. The van der Waals surface area contributed by atoms with Gasteiger partial charge in [0.15, 0.2) is 10.9 Å². The summed E-state index contributed by atoms with van der Waals surface area (Å²) in [5, 5.41) is 4.71. The average molecular weight is 472 g/mol. The zero-order valence-electron chi connectivity index (χ0n) is 17.0. The lowest BCUT2D eigenvalue weighted by Crippen LogP contribution is -2.14. The number of ether oxygens (including phenoxy) is 1. The molecule has 2 aromatic carbocycles. The number of anilines is 2. The lowest BCUT2D eigenvalue weighted by atomic mass is 10.1. The molecule has 3 aromatic rings. The van der Waals surface area contributed by atoms with Crippen molar-refractivity contribution in [3.8, 4) is 5.75 Å². The fourth-order valence-electron chi connectivity index (χ4n) is 3.40. The highest BCUT2D eigenvalue weighted by Gasteiger charge is 2.22. The maximum Gasteiger partial charge on any atom is 0.263 e. The summed E-state index contributed by atoms with van der Waals surface area (Å²) in [4.78, 5) is 28.0. The number of nitrogens with zero attached hydrogens (tertiary/aromatic N) is 1. The first kappa shape index (κ1) is 22.0. The molecule has 1 aliphatic carbocycles. The number of hydrogen-bond acceptors (Lipinski definition) is 7. The minimum atomic E-state index is -3.73. The van der Waals surface area contributed by atoms with Crippen LogP contribution in [0.2, 0.25) is 0 Å². The van der Waals surface area contributed by atoms with E-state index in [1.165, 1.54) is 41.8 Å². The van der Waals surface area contributed by atoms with Crippen LogP contribution in [0.25, 0.3) is 0 Å². The lowest BCUT2D eigenvalue weighted by molar-refractivity contribution is -0.116. The van der Waals surface area contributed by atoms with Crippen molar-refractivity contribution in [2.75, 3.05) is 16.6 Å². The number of carbonyl (C=O) groups is 2. The molecule has 0 aliphatic heterocycles. The van der Waals surface area contributed by atoms with Crippen LogP contribution < -0.4 is 14.8 Å². The van der Waals surface area contributed by atoms with Crippen molar-refractivity contribution in [2.24, 2.45) is 0 Å². The summed E-state index contributed by atoms with van der Waals surface area (Å²) in [6.07, 6.45) is 3.47. The Morgan fingerprint density at radius 3 is 2.69 bits per heavy atom. The smallest absolute Gasteiger partial charge is 0.263 e. The van der Waals surface area contributed by atoms with E-state index in [1.54, 1.807) is 11.4 Å². The Morgan fingerprint density at radius 2 is 1.94 bits per heavy atom. The third kappa shape index (κ3) is 5.14. The molecule has 1 aromatic heterocycles. The van der Waals surface area contributed by atoms with E-state index in [2.05, 4.69) is 15.0 Å². The molecule has 0 saturated heterocycles. The predicted octanol–water partition coefficient (Wildman–Crippen LogP) is 3.87. The molecule has 1 aliphatic rings. The number of carbonyl (C=O) groups excluding carboxylic acids is 2. The minimum absolute atomic E-state index is 0.0768. The number of thiazole rings is 1. The molecular weight excluding hydrogens is 450 g/mol. The number of hydrogen-bond donors (Lipinski definition) is 2. The van der Waals surface area contributed by atoms with E-state index in [-0.39, 0.29) is 28.1 Å². The number of benzene rings is 2. The second kappa shape index (κ2) is 9.49. The molecule has 0 unspecified atom stereocenters. The Bertz CT molecular complexity index is 1220. The van der Waals surface area contributed by atoms with Gasteiger partial charge in [0.2, 0.25) is 5.91 Å². The van der Waals surface area contributed by atoms with E-state index in [0.717, 1.165) is 11.1 Å². The van der Waals surface area contributed by atoms with Gasteiger partial charge in [0, 0.05) is 41.2 Å². The van der Waals surface area contributed by atoms with Gasteiger partial charge in [0.05, 0.1) is 11.5 Å². The number of ketones is 1. The SMILES string of the molecule is O=C(CCCOc1cccc2c1CCC2=O)Nc1ccc(S(=O)(=O)Nc2nccs2)cc1. The Hall–Kier alpha value is -3.24. The van der Waals surface area contributed by atoms with Gasteiger partial charge in [-0.1, -0.05) is 12.1 Å². The molecule has 32 heavy (non-hydrogen) atoms. The van der Waals surface area contributed by atoms with E-state index in [1.807, 2.05) is 12.1 Å². The monoisotopic (exact) mass is 471 g/mol. The van der Waals surface area contributed by atoms with Gasteiger partial charge in [0.1, 0.15) is 5.75 Å². The van der Waals surface area contributed by atoms with Gasteiger partial charge in [-0.25, -0.2) is 13.4 Å². The van der Waals surface area contributed by atoms with Crippen LogP contribution in [0.4, 0.5) is 10.8 Å².